The largest absolute Gasteiger partial charge is 0.508 e. The van der Waals surface area contributed by atoms with Gasteiger partial charge in [0.2, 0.25) is 0 Å². The Hall–Kier alpha value is -2.36. The first-order valence-corrected chi connectivity index (χ1v) is 5.53. The third-order valence-corrected chi connectivity index (χ3v) is 2.52. The SMILES string of the molecule is COc1ccc(OCc2cccc(O)c2)cc1N. The molecule has 0 fully saturated rings. The van der Waals surface area contributed by atoms with Crippen molar-refractivity contribution in [2.45, 2.75) is 6.61 Å². The average Bonchev–Trinajstić information content (AvgIpc) is 2.37. The third kappa shape index (κ3) is 2.85. The molecule has 0 aliphatic carbocycles. The second-order valence-corrected chi connectivity index (χ2v) is 3.86. The van der Waals surface area contributed by atoms with E-state index in [0.29, 0.717) is 23.8 Å². The molecule has 0 amide bonds. The van der Waals surface area contributed by atoms with Crippen LogP contribution in [-0.2, 0) is 6.61 Å². The lowest BCUT2D eigenvalue weighted by Crippen LogP contribution is -1.97. The molecule has 0 saturated heterocycles. The fourth-order valence-electron chi connectivity index (χ4n) is 1.62. The number of hydrogen-bond acceptors (Lipinski definition) is 4. The standard InChI is InChI=1S/C14H15NO3/c1-17-14-6-5-12(8-13(14)15)18-9-10-3-2-4-11(16)7-10/h2-8,16H,9,15H2,1H3. The Balaban J connectivity index is 2.04. The Labute approximate surface area is 106 Å². The Morgan fingerprint density at radius 3 is 2.67 bits per heavy atom. The number of methoxy groups -OCH3 is 1. The minimum absolute atomic E-state index is 0.227. The fraction of sp³-hybridized carbons (Fsp3) is 0.143. The molecular formula is C14H15NO3. The van der Waals surface area contributed by atoms with E-state index in [0.717, 1.165) is 5.56 Å². The average molecular weight is 245 g/mol. The summed E-state index contributed by atoms with van der Waals surface area (Å²) in [5.41, 5.74) is 7.21. The summed E-state index contributed by atoms with van der Waals surface area (Å²) in [6, 6.07) is 12.2. The molecule has 2 rings (SSSR count). The highest BCUT2D eigenvalue weighted by atomic mass is 16.5. The molecule has 18 heavy (non-hydrogen) atoms. The molecule has 0 aliphatic heterocycles. The predicted octanol–water partition coefficient (Wildman–Crippen LogP) is 2.56. The molecule has 0 radical (unpaired) electrons. The van der Waals surface area contributed by atoms with Crippen molar-refractivity contribution >= 4 is 5.69 Å². The van der Waals surface area contributed by atoms with Crippen LogP contribution in [-0.4, -0.2) is 12.2 Å². The van der Waals surface area contributed by atoms with Gasteiger partial charge in [-0.05, 0) is 29.8 Å². The van der Waals surface area contributed by atoms with Gasteiger partial charge in [-0.25, -0.2) is 0 Å². The van der Waals surface area contributed by atoms with Gasteiger partial charge in [-0.1, -0.05) is 12.1 Å². The number of phenolic OH excluding ortho intramolecular Hbond substituents is 1. The minimum atomic E-state index is 0.227. The summed E-state index contributed by atoms with van der Waals surface area (Å²) < 4.78 is 10.6. The molecule has 0 aromatic heterocycles. The Kier molecular flexibility index (Phi) is 3.57. The smallest absolute Gasteiger partial charge is 0.142 e. The van der Waals surface area contributed by atoms with Gasteiger partial charge in [-0.2, -0.15) is 0 Å². The van der Waals surface area contributed by atoms with E-state index >= 15 is 0 Å². The van der Waals surface area contributed by atoms with Crippen molar-refractivity contribution in [1.82, 2.24) is 0 Å². The maximum Gasteiger partial charge on any atom is 0.142 e. The summed E-state index contributed by atoms with van der Waals surface area (Å²) in [4.78, 5) is 0. The van der Waals surface area contributed by atoms with Crippen molar-refractivity contribution < 1.29 is 14.6 Å². The van der Waals surface area contributed by atoms with E-state index in [9.17, 15) is 5.11 Å². The summed E-state index contributed by atoms with van der Waals surface area (Å²) in [6.07, 6.45) is 0. The van der Waals surface area contributed by atoms with E-state index < -0.39 is 0 Å². The van der Waals surface area contributed by atoms with Crippen molar-refractivity contribution in [1.29, 1.82) is 0 Å². The van der Waals surface area contributed by atoms with E-state index in [1.807, 2.05) is 6.07 Å². The molecule has 0 aliphatic rings. The number of nitrogen functional groups attached to an aromatic ring is 1. The van der Waals surface area contributed by atoms with E-state index in [-0.39, 0.29) is 5.75 Å². The maximum atomic E-state index is 9.33. The molecule has 2 aromatic carbocycles. The number of anilines is 1. The zero-order valence-corrected chi connectivity index (χ0v) is 10.1. The van der Waals surface area contributed by atoms with Crippen LogP contribution in [0.25, 0.3) is 0 Å². The minimum Gasteiger partial charge on any atom is -0.508 e. The zero-order chi connectivity index (χ0) is 13.0. The number of rotatable bonds is 4. The van der Waals surface area contributed by atoms with Crippen LogP contribution in [0, 0.1) is 0 Å². The number of hydrogen-bond donors (Lipinski definition) is 2. The fourth-order valence-corrected chi connectivity index (χ4v) is 1.62. The molecule has 2 aromatic rings. The van der Waals surface area contributed by atoms with E-state index in [2.05, 4.69) is 0 Å². The van der Waals surface area contributed by atoms with E-state index in [4.69, 9.17) is 15.2 Å². The molecule has 0 atom stereocenters. The molecule has 94 valence electrons. The van der Waals surface area contributed by atoms with Gasteiger partial charge >= 0.3 is 0 Å². The second kappa shape index (κ2) is 5.31. The maximum absolute atomic E-state index is 9.33. The quantitative estimate of drug-likeness (QED) is 0.812. The van der Waals surface area contributed by atoms with Crippen molar-refractivity contribution in [3.8, 4) is 17.2 Å². The summed E-state index contributed by atoms with van der Waals surface area (Å²) in [6.45, 7) is 0.375. The van der Waals surface area contributed by atoms with Gasteiger partial charge in [0.15, 0.2) is 0 Å². The third-order valence-electron chi connectivity index (χ3n) is 2.52. The predicted molar refractivity (Wildman–Crippen MR) is 69.8 cm³/mol. The molecular weight excluding hydrogens is 230 g/mol. The van der Waals surface area contributed by atoms with Gasteiger partial charge < -0.3 is 20.3 Å². The lowest BCUT2D eigenvalue weighted by atomic mass is 10.2. The summed E-state index contributed by atoms with van der Waals surface area (Å²) in [7, 11) is 1.57. The van der Waals surface area contributed by atoms with Crippen LogP contribution in [0.4, 0.5) is 5.69 Å². The summed E-state index contributed by atoms with van der Waals surface area (Å²) in [5, 5.41) is 9.33. The lowest BCUT2D eigenvalue weighted by molar-refractivity contribution is 0.305. The molecule has 0 heterocycles. The van der Waals surface area contributed by atoms with Gasteiger partial charge in [0.25, 0.3) is 0 Å². The van der Waals surface area contributed by atoms with Crippen LogP contribution in [0.5, 0.6) is 17.2 Å². The highest BCUT2D eigenvalue weighted by molar-refractivity contribution is 5.56. The number of nitrogens with two attached hydrogens (primary N) is 1. The van der Waals surface area contributed by atoms with E-state index in [1.165, 1.54) is 0 Å². The first kappa shape index (κ1) is 12.1. The van der Waals surface area contributed by atoms with Crippen LogP contribution < -0.4 is 15.2 Å². The molecule has 0 unspecified atom stereocenters. The number of aromatic hydroxyl groups is 1. The lowest BCUT2D eigenvalue weighted by Gasteiger charge is -2.09. The molecule has 4 nitrogen and oxygen atoms in total. The number of ether oxygens (including phenoxy) is 2. The van der Waals surface area contributed by atoms with Crippen molar-refractivity contribution in [3.63, 3.8) is 0 Å². The van der Waals surface area contributed by atoms with Gasteiger partial charge in [0.05, 0.1) is 12.8 Å². The van der Waals surface area contributed by atoms with Crippen LogP contribution in [0.15, 0.2) is 42.5 Å². The number of benzene rings is 2. The molecule has 3 N–H and O–H groups in total. The molecule has 0 saturated carbocycles. The van der Waals surface area contributed by atoms with Gasteiger partial charge in [0, 0.05) is 6.07 Å². The van der Waals surface area contributed by atoms with Crippen molar-refractivity contribution in [3.05, 3.63) is 48.0 Å². The van der Waals surface area contributed by atoms with Gasteiger partial charge in [-0.3, -0.25) is 0 Å². The van der Waals surface area contributed by atoms with Crippen LogP contribution in [0.3, 0.4) is 0 Å². The van der Waals surface area contributed by atoms with Crippen LogP contribution in [0.1, 0.15) is 5.56 Å². The Bertz CT molecular complexity index is 540. The highest BCUT2D eigenvalue weighted by Gasteiger charge is 2.02. The number of phenols is 1. The van der Waals surface area contributed by atoms with Crippen molar-refractivity contribution in [2.24, 2.45) is 0 Å². The van der Waals surface area contributed by atoms with Crippen molar-refractivity contribution in [2.75, 3.05) is 12.8 Å². The first-order valence-electron chi connectivity index (χ1n) is 5.53. The highest BCUT2D eigenvalue weighted by Crippen LogP contribution is 2.26. The Morgan fingerprint density at radius 2 is 2.00 bits per heavy atom. The van der Waals surface area contributed by atoms with E-state index in [1.54, 1.807) is 43.5 Å². The summed E-state index contributed by atoms with van der Waals surface area (Å²) >= 11 is 0. The topological polar surface area (TPSA) is 64.7 Å². The Morgan fingerprint density at radius 1 is 1.17 bits per heavy atom. The van der Waals surface area contributed by atoms with Crippen LogP contribution in [0.2, 0.25) is 0 Å². The van der Waals surface area contributed by atoms with Gasteiger partial charge in [0.1, 0.15) is 23.9 Å². The monoisotopic (exact) mass is 245 g/mol. The molecule has 0 spiro atoms. The second-order valence-electron chi connectivity index (χ2n) is 3.86. The molecule has 4 heteroatoms. The van der Waals surface area contributed by atoms with Gasteiger partial charge in [-0.15, -0.1) is 0 Å². The zero-order valence-electron chi connectivity index (χ0n) is 10.1. The first-order chi connectivity index (χ1) is 8.69. The summed E-state index contributed by atoms with van der Waals surface area (Å²) in [5.74, 6) is 1.52. The normalized spacial score (nSPS) is 10.1. The molecule has 0 bridgehead atoms. The van der Waals surface area contributed by atoms with Crippen LogP contribution >= 0.6 is 0 Å².